The average molecular weight is 341 g/mol. The number of amides is 2. The highest BCUT2D eigenvalue weighted by Gasteiger charge is 2.10. The third-order valence-corrected chi connectivity index (χ3v) is 3.78. The van der Waals surface area contributed by atoms with Gasteiger partial charge in [-0.2, -0.15) is 0 Å². The first-order chi connectivity index (χ1) is 12.0. The molecule has 1 aromatic carbocycles. The van der Waals surface area contributed by atoms with Crippen molar-refractivity contribution in [1.29, 1.82) is 0 Å². The highest BCUT2D eigenvalue weighted by molar-refractivity contribution is 5.95. The molecule has 132 valence electrons. The van der Waals surface area contributed by atoms with Crippen LogP contribution in [0.2, 0.25) is 0 Å². The topological polar surface area (TPSA) is 91.3 Å². The number of aromatic nitrogens is 1. The molecule has 0 bridgehead atoms. The molecule has 0 aliphatic heterocycles. The summed E-state index contributed by atoms with van der Waals surface area (Å²) in [7, 11) is 0. The zero-order chi connectivity index (χ0) is 18.2. The average Bonchev–Trinajstić information content (AvgIpc) is 2.60. The minimum atomic E-state index is -1.09. The second kappa shape index (κ2) is 8.82. The molecular weight excluding hydrogens is 318 g/mol. The number of carbonyl (C=O) groups excluding carboxylic acids is 1. The largest absolute Gasteiger partial charge is 0.465 e. The van der Waals surface area contributed by atoms with Gasteiger partial charge >= 0.3 is 6.09 Å². The Hall–Kier alpha value is -2.89. The lowest BCUT2D eigenvalue weighted by Gasteiger charge is -2.11. The summed E-state index contributed by atoms with van der Waals surface area (Å²) in [5, 5.41) is 14.1. The Morgan fingerprint density at radius 2 is 2.00 bits per heavy atom. The molecule has 0 aliphatic rings. The first-order valence-corrected chi connectivity index (χ1v) is 8.25. The van der Waals surface area contributed by atoms with Crippen molar-refractivity contribution < 1.29 is 14.7 Å². The molecule has 0 fully saturated rings. The van der Waals surface area contributed by atoms with E-state index in [2.05, 4.69) is 29.5 Å². The number of nitrogens with zero attached hydrogens (tertiary/aromatic N) is 1. The van der Waals surface area contributed by atoms with Crippen LogP contribution in [0.1, 0.15) is 36.2 Å². The van der Waals surface area contributed by atoms with E-state index < -0.39 is 6.09 Å². The lowest BCUT2D eigenvalue weighted by atomic mass is 9.99. The van der Waals surface area contributed by atoms with Crippen LogP contribution in [0.25, 0.3) is 11.1 Å². The number of carboxylic acid groups (broad SMARTS) is 1. The Bertz CT molecular complexity index is 744. The van der Waals surface area contributed by atoms with Crippen molar-refractivity contribution in [2.45, 2.75) is 26.8 Å². The summed E-state index contributed by atoms with van der Waals surface area (Å²) in [5.74, 6) is 0.425. The minimum Gasteiger partial charge on any atom is -0.465 e. The predicted molar refractivity (Wildman–Crippen MR) is 96.3 cm³/mol. The molecule has 6 nitrogen and oxygen atoms in total. The van der Waals surface area contributed by atoms with Crippen molar-refractivity contribution in [3.05, 3.63) is 53.9 Å². The molecular formula is C19H23N3O3. The van der Waals surface area contributed by atoms with Gasteiger partial charge in [0.1, 0.15) is 0 Å². The number of pyridine rings is 1. The fourth-order valence-corrected chi connectivity index (χ4v) is 2.42. The van der Waals surface area contributed by atoms with Crippen molar-refractivity contribution in [3.8, 4) is 11.1 Å². The van der Waals surface area contributed by atoms with E-state index in [1.165, 1.54) is 0 Å². The summed E-state index contributed by atoms with van der Waals surface area (Å²) in [6.07, 6.45) is 3.12. The van der Waals surface area contributed by atoms with Crippen molar-refractivity contribution in [3.63, 3.8) is 0 Å². The lowest BCUT2D eigenvalue weighted by Crippen LogP contribution is -2.25. The highest BCUT2D eigenvalue weighted by atomic mass is 16.4. The second-order valence-corrected chi connectivity index (χ2v) is 6.21. The van der Waals surface area contributed by atoms with E-state index in [9.17, 15) is 9.59 Å². The third kappa shape index (κ3) is 5.60. The van der Waals surface area contributed by atoms with Crippen LogP contribution in [0.4, 0.5) is 4.79 Å². The van der Waals surface area contributed by atoms with Crippen LogP contribution in [0, 0.1) is 5.92 Å². The molecule has 1 aromatic heterocycles. The number of rotatable bonds is 7. The van der Waals surface area contributed by atoms with Crippen molar-refractivity contribution >= 4 is 12.0 Å². The summed E-state index contributed by atoms with van der Waals surface area (Å²) >= 11 is 0. The van der Waals surface area contributed by atoms with Gasteiger partial charge in [0.2, 0.25) is 0 Å². The summed E-state index contributed by atoms with van der Waals surface area (Å²) < 4.78 is 0. The molecule has 0 spiro atoms. The zero-order valence-electron chi connectivity index (χ0n) is 14.5. The van der Waals surface area contributed by atoms with Crippen molar-refractivity contribution in [2.24, 2.45) is 5.92 Å². The Kier molecular flexibility index (Phi) is 6.51. The molecule has 2 amide bonds. The van der Waals surface area contributed by atoms with E-state index in [1.54, 1.807) is 18.5 Å². The fourth-order valence-electron chi connectivity index (χ4n) is 2.42. The van der Waals surface area contributed by atoms with Gasteiger partial charge in [0.05, 0.1) is 0 Å². The quantitative estimate of drug-likeness (QED) is 0.720. The standard InChI is InChI=1S/C19H23N3O3/c1-13(2)6-9-21-18(23)15-5-3-4-14(10-15)17-7-8-20-11-16(17)12-22-19(24)25/h3-5,7-8,10-11,13,22H,6,9,12H2,1-2H3,(H,21,23)(H,24,25). The monoisotopic (exact) mass is 341 g/mol. The smallest absolute Gasteiger partial charge is 0.404 e. The summed E-state index contributed by atoms with van der Waals surface area (Å²) in [6, 6.07) is 9.11. The maximum absolute atomic E-state index is 12.3. The predicted octanol–water partition coefficient (Wildman–Crippen LogP) is 3.29. The van der Waals surface area contributed by atoms with Gasteiger partial charge in [-0.25, -0.2) is 4.79 Å². The van der Waals surface area contributed by atoms with E-state index >= 15 is 0 Å². The number of carbonyl (C=O) groups is 2. The van der Waals surface area contributed by atoms with Gasteiger partial charge in [0, 0.05) is 31.0 Å². The van der Waals surface area contributed by atoms with Gasteiger partial charge in [0.15, 0.2) is 0 Å². The molecule has 6 heteroatoms. The lowest BCUT2D eigenvalue weighted by molar-refractivity contribution is 0.0952. The first kappa shape index (κ1) is 18.4. The third-order valence-electron chi connectivity index (χ3n) is 3.78. The summed E-state index contributed by atoms with van der Waals surface area (Å²) in [6.45, 7) is 5.03. The maximum Gasteiger partial charge on any atom is 0.404 e. The summed E-state index contributed by atoms with van der Waals surface area (Å²) in [4.78, 5) is 27.1. The van der Waals surface area contributed by atoms with Gasteiger partial charge in [-0.15, -0.1) is 0 Å². The van der Waals surface area contributed by atoms with E-state index in [-0.39, 0.29) is 12.5 Å². The van der Waals surface area contributed by atoms with Gasteiger partial charge in [-0.1, -0.05) is 26.0 Å². The second-order valence-electron chi connectivity index (χ2n) is 6.21. The van der Waals surface area contributed by atoms with Gasteiger partial charge < -0.3 is 15.7 Å². The molecule has 0 saturated carbocycles. The SMILES string of the molecule is CC(C)CCNC(=O)c1cccc(-c2ccncc2CNC(=O)O)c1. The highest BCUT2D eigenvalue weighted by Crippen LogP contribution is 2.24. The fraction of sp³-hybridized carbons (Fsp3) is 0.316. The Labute approximate surface area is 147 Å². The number of hydrogen-bond acceptors (Lipinski definition) is 3. The number of nitrogens with one attached hydrogen (secondary N) is 2. The molecule has 0 atom stereocenters. The Morgan fingerprint density at radius 1 is 1.20 bits per heavy atom. The maximum atomic E-state index is 12.3. The number of benzene rings is 1. The van der Waals surface area contributed by atoms with Crippen LogP contribution in [0.3, 0.4) is 0 Å². The minimum absolute atomic E-state index is 0.109. The van der Waals surface area contributed by atoms with Crippen LogP contribution in [-0.4, -0.2) is 28.6 Å². The van der Waals surface area contributed by atoms with Crippen LogP contribution < -0.4 is 10.6 Å². The van der Waals surface area contributed by atoms with Crippen LogP contribution in [0.5, 0.6) is 0 Å². The van der Waals surface area contributed by atoms with Gasteiger partial charge in [0.25, 0.3) is 5.91 Å². The molecule has 0 saturated heterocycles. The van der Waals surface area contributed by atoms with Crippen molar-refractivity contribution in [1.82, 2.24) is 15.6 Å². The van der Waals surface area contributed by atoms with Crippen LogP contribution in [0.15, 0.2) is 42.7 Å². The molecule has 0 unspecified atom stereocenters. The molecule has 25 heavy (non-hydrogen) atoms. The summed E-state index contributed by atoms with van der Waals surface area (Å²) in [5.41, 5.74) is 3.03. The van der Waals surface area contributed by atoms with Crippen LogP contribution in [-0.2, 0) is 6.54 Å². The van der Waals surface area contributed by atoms with E-state index in [0.717, 1.165) is 23.1 Å². The molecule has 2 rings (SSSR count). The van der Waals surface area contributed by atoms with E-state index in [1.807, 2.05) is 24.3 Å². The van der Waals surface area contributed by atoms with Crippen LogP contribution >= 0.6 is 0 Å². The van der Waals surface area contributed by atoms with Gasteiger partial charge in [-0.3, -0.25) is 9.78 Å². The Balaban J connectivity index is 2.18. The van der Waals surface area contributed by atoms with Crippen molar-refractivity contribution in [2.75, 3.05) is 6.54 Å². The molecule has 3 N–H and O–H groups in total. The molecule has 0 radical (unpaired) electrons. The zero-order valence-corrected chi connectivity index (χ0v) is 14.5. The molecule has 1 heterocycles. The first-order valence-electron chi connectivity index (χ1n) is 8.25. The van der Waals surface area contributed by atoms with E-state index in [4.69, 9.17) is 5.11 Å². The molecule has 0 aliphatic carbocycles. The molecule has 2 aromatic rings. The number of hydrogen-bond donors (Lipinski definition) is 3. The Morgan fingerprint density at radius 3 is 2.72 bits per heavy atom. The normalized spacial score (nSPS) is 10.5. The van der Waals surface area contributed by atoms with E-state index in [0.29, 0.717) is 18.0 Å². The van der Waals surface area contributed by atoms with Gasteiger partial charge in [-0.05, 0) is 47.2 Å².